The van der Waals surface area contributed by atoms with E-state index in [0.29, 0.717) is 35.7 Å². The number of anilines is 1. The number of amides is 2. The van der Waals surface area contributed by atoms with Crippen molar-refractivity contribution in [3.63, 3.8) is 0 Å². The van der Waals surface area contributed by atoms with E-state index in [1.165, 1.54) is 6.42 Å². The van der Waals surface area contributed by atoms with Crippen LogP contribution in [0.1, 0.15) is 90.0 Å². The number of carbonyl (C=O) groups is 1. The van der Waals surface area contributed by atoms with Crippen molar-refractivity contribution < 1.29 is 14.3 Å². The molecule has 3 aromatic heterocycles. The van der Waals surface area contributed by atoms with Crippen molar-refractivity contribution in [2.75, 3.05) is 37.7 Å². The molecule has 0 radical (unpaired) electrons. The average Bonchev–Trinajstić information content (AvgIpc) is 3.78. The van der Waals surface area contributed by atoms with Crippen LogP contribution in [0.25, 0.3) is 5.65 Å². The van der Waals surface area contributed by atoms with Crippen molar-refractivity contribution in [1.82, 2.24) is 39.9 Å². The summed E-state index contributed by atoms with van der Waals surface area (Å²) in [6.45, 7) is 15.6. The van der Waals surface area contributed by atoms with Gasteiger partial charge in [-0.25, -0.2) is 9.79 Å². The van der Waals surface area contributed by atoms with Crippen LogP contribution in [-0.4, -0.2) is 86.1 Å². The lowest BCUT2D eigenvalue weighted by Crippen LogP contribution is -2.44. The Labute approximate surface area is 317 Å². The van der Waals surface area contributed by atoms with Gasteiger partial charge in [-0.2, -0.15) is 5.10 Å². The van der Waals surface area contributed by atoms with Gasteiger partial charge in [-0.15, -0.1) is 10.2 Å². The minimum absolute atomic E-state index is 0.182. The lowest BCUT2D eigenvalue weighted by atomic mass is 9.85. The maximum absolute atomic E-state index is 13.7. The lowest BCUT2D eigenvalue weighted by Gasteiger charge is -2.39. The minimum Gasteiger partial charge on any atom is -0.484 e. The van der Waals surface area contributed by atoms with E-state index >= 15 is 0 Å². The number of ether oxygens (including phenoxy) is 2. The molecule has 4 N–H and O–H groups in total. The van der Waals surface area contributed by atoms with Crippen molar-refractivity contribution in [3.8, 4) is 5.75 Å². The molecule has 5 heterocycles. The van der Waals surface area contributed by atoms with Gasteiger partial charge in [0, 0.05) is 48.9 Å². The van der Waals surface area contributed by atoms with Gasteiger partial charge >= 0.3 is 6.03 Å². The maximum atomic E-state index is 13.7. The predicted octanol–water partition coefficient (Wildman–Crippen LogP) is 5.90. The van der Waals surface area contributed by atoms with E-state index in [0.717, 1.165) is 87.1 Å². The zero-order valence-corrected chi connectivity index (χ0v) is 32.2. The summed E-state index contributed by atoms with van der Waals surface area (Å²) in [6.07, 6.45) is 12.1. The van der Waals surface area contributed by atoms with Gasteiger partial charge in [0.2, 0.25) is 5.95 Å². The smallest absolute Gasteiger partial charge is 0.320 e. The number of morpholine rings is 1. The molecule has 2 aliphatic heterocycles. The topological polar surface area (TPSA) is 152 Å². The highest BCUT2D eigenvalue weighted by atomic mass is 16.5. The van der Waals surface area contributed by atoms with E-state index in [4.69, 9.17) is 20.2 Å². The van der Waals surface area contributed by atoms with Gasteiger partial charge in [-0.1, -0.05) is 45.0 Å². The van der Waals surface area contributed by atoms with Gasteiger partial charge in [0.1, 0.15) is 23.4 Å². The minimum atomic E-state index is -0.364. The number of piperidine rings is 1. The number of aromatic nitrogens is 5. The van der Waals surface area contributed by atoms with Gasteiger partial charge in [-0.3, -0.25) is 19.3 Å². The molecule has 7 rings (SSSR count). The molecule has 14 heteroatoms. The molecule has 54 heavy (non-hydrogen) atoms. The first-order chi connectivity index (χ1) is 26.0. The predicted molar refractivity (Wildman–Crippen MR) is 210 cm³/mol. The second kappa shape index (κ2) is 16.2. The third kappa shape index (κ3) is 8.71. The van der Waals surface area contributed by atoms with Crippen LogP contribution in [0.4, 0.5) is 16.4 Å². The third-order valence-electron chi connectivity index (χ3n) is 10.8. The van der Waals surface area contributed by atoms with Gasteiger partial charge < -0.3 is 25.4 Å². The summed E-state index contributed by atoms with van der Waals surface area (Å²) in [4.78, 5) is 23.2. The van der Waals surface area contributed by atoms with E-state index in [1.807, 2.05) is 66.5 Å². The fraction of sp³-hybridized carbons (Fsp3) is 0.525. The highest BCUT2D eigenvalue weighted by Crippen LogP contribution is 2.39. The third-order valence-corrected chi connectivity index (χ3v) is 10.8. The highest BCUT2D eigenvalue weighted by Gasteiger charge is 2.31. The zero-order valence-electron chi connectivity index (χ0n) is 32.2. The monoisotopic (exact) mass is 737 g/mol. The van der Waals surface area contributed by atoms with Crippen LogP contribution < -0.4 is 26.0 Å². The SMILES string of the molecule is CC1CCCC(C)N1c1nnc2ccc(OC3CCC(NC(=O)NC(C=C(N)C(C)(C)C)=Nc4cnn(CCN5CCOCC5)c4)c4ccccc43)cn12. The Morgan fingerprint density at radius 1 is 1.00 bits per heavy atom. The zero-order chi connectivity index (χ0) is 37.8. The average molecular weight is 738 g/mol. The number of benzene rings is 1. The molecule has 3 aliphatic rings. The molecule has 0 bridgehead atoms. The summed E-state index contributed by atoms with van der Waals surface area (Å²) in [7, 11) is 0. The largest absolute Gasteiger partial charge is 0.484 e. The van der Waals surface area contributed by atoms with Crippen LogP contribution in [0.2, 0.25) is 0 Å². The summed E-state index contributed by atoms with van der Waals surface area (Å²) in [5.74, 6) is 1.95. The number of nitrogens with one attached hydrogen (secondary N) is 2. The summed E-state index contributed by atoms with van der Waals surface area (Å²) in [5, 5.41) is 19.7. The Kier molecular flexibility index (Phi) is 11.2. The Morgan fingerprint density at radius 3 is 2.52 bits per heavy atom. The van der Waals surface area contributed by atoms with Crippen molar-refractivity contribution in [2.45, 2.75) is 97.5 Å². The molecule has 4 unspecified atom stereocenters. The van der Waals surface area contributed by atoms with Crippen molar-refractivity contribution in [1.29, 1.82) is 0 Å². The molecule has 4 atom stereocenters. The number of nitrogens with two attached hydrogens (primary N) is 1. The molecule has 288 valence electrons. The molecule has 2 fully saturated rings. The van der Waals surface area contributed by atoms with Crippen LogP contribution in [-0.2, 0) is 11.3 Å². The highest BCUT2D eigenvalue weighted by molar-refractivity contribution is 6.05. The summed E-state index contributed by atoms with van der Waals surface area (Å²) >= 11 is 0. The number of hydrogen-bond acceptors (Lipinski definition) is 10. The Morgan fingerprint density at radius 2 is 1.76 bits per heavy atom. The normalized spacial score (nSPS) is 22.9. The second-order valence-electron chi connectivity index (χ2n) is 15.9. The number of nitrogens with zero attached hydrogens (tertiary/aromatic N) is 8. The van der Waals surface area contributed by atoms with Crippen molar-refractivity contribution in [2.24, 2.45) is 16.1 Å². The number of fused-ring (bicyclic) bond motifs is 2. The van der Waals surface area contributed by atoms with Crippen LogP contribution in [0.3, 0.4) is 0 Å². The number of hydrogen-bond donors (Lipinski definition) is 3. The number of carbonyl (C=O) groups excluding carboxylic acids is 1. The molecule has 2 saturated heterocycles. The molecule has 14 nitrogen and oxygen atoms in total. The number of pyridine rings is 1. The molecule has 2 amide bonds. The van der Waals surface area contributed by atoms with E-state index in [-0.39, 0.29) is 23.6 Å². The molecule has 4 aromatic rings. The van der Waals surface area contributed by atoms with Crippen LogP contribution >= 0.6 is 0 Å². The molecule has 1 aromatic carbocycles. The van der Waals surface area contributed by atoms with Gasteiger partial charge in [0.15, 0.2) is 5.65 Å². The first kappa shape index (κ1) is 37.4. The van der Waals surface area contributed by atoms with E-state index in [1.54, 1.807) is 12.3 Å². The Balaban J connectivity index is 1.04. The van der Waals surface area contributed by atoms with Gasteiger partial charge in [0.05, 0.1) is 44.4 Å². The molecule has 0 saturated carbocycles. The second-order valence-corrected chi connectivity index (χ2v) is 15.9. The number of aliphatic imine (C=N–C) groups is 1. The summed E-state index contributed by atoms with van der Waals surface area (Å²) in [5.41, 5.74) is 10.2. The molecule has 1 aliphatic carbocycles. The van der Waals surface area contributed by atoms with E-state index in [9.17, 15) is 4.79 Å². The maximum Gasteiger partial charge on any atom is 0.320 e. The quantitative estimate of drug-likeness (QED) is 0.141. The number of urea groups is 1. The standard InChI is InChI=1S/C40H55N11O3/c1-27-9-8-10-28(2)51(27)39-47-46-37-16-13-30(26-50(37)39)54-34-15-14-33(31-11-6-7-12-32(31)34)44-38(52)45-36(23-35(41)40(3,4)5)43-29-24-42-49(25-29)18-17-48-19-21-53-22-20-48/h6-7,11-13,16,23-28,33-34H,8-10,14-15,17-22,41H2,1-5H3,(H2,43,44,45,52). The van der Waals surface area contributed by atoms with Crippen LogP contribution in [0, 0.1) is 5.41 Å². The lowest BCUT2D eigenvalue weighted by molar-refractivity contribution is 0.0360. The first-order valence-corrected chi connectivity index (χ1v) is 19.4. The van der Waals surface area contributed by atoms with Crippen LogP contribution in [0.15, 0.2) is 71.8 Å². The Bertz CT molecular complexity index is 1960. The van der Waals surface area contributed by atoms with Crippen LogP contribution in [0.5, 0.6) is 5.75 Å². The van der Waals surface area contributed by atoms with Crippen molar-refractivity contribution >= 4 is 29.1 Å². The molecular weight excluding hydrogens is 683 g/mol. The summed E-state index contributed by atoms with van der Waals surface area (Å²) in [6, 6.07) is 12.3. The number of amidine groups is 1. The molecule has 0 spiro atoms. The number of allylic oxidation sites excluding steroid dienone is 1. The summed E-state index contributed by atoms with van der Waals surface area (Å²) < 4.78 is 16.1. The van der Waals surface area contributed by atoms with Gasteiger partial charge in [0.25, 0.3) is 0 Å². The molecular formula is C40H55N11O3. The Hall–Kier alpha value is -4.95. The van der Waals surface area contributed by atoms with Crippen molar-refractivity contribution in [3.05, 3.63) is 77.9 Å². The van der Waals surface area contributed by atoms with E-state index < -0.39 is 0 Å². The van der Waals surface area contributed by atoms with E-state index in [2.05, 4.69) is 61.7 Å². The number of rotatable bonds is 9. The first-order valence-electron chi connectivity index (χ1n) is 19.4. The fourth-order valence-corrected chi connectivity index (χ4v) is 7.62. The van der Waals surface area contributed by atoms with Gasteiger partial charge in [-0.05, 0) is 69.2 Å². The fourth-order valence-electron chi connectivity index (χ4n) is 7.62.